The maximum Gasteiger partial charge on any atom is 0.0638 e. The predicted molar refractivity (Wildman–Crippen MR) is 51.0 cm³/mol. The topological polar surface area (TPSA) is 52.0 Å². The van der Waals surface area contributed by atoms with E-state index in [0.717, 1.165) is 18.4 Å². The Morgan fingerprint density at radius 2 is 2.00 bits per heavy atom. The van der Waals surface area contributed by atoms with Crippen molar-refractivity contribution >= 4 is 17.3 Å². The van der Waals surface area contributed by atoms with Crippen molar-refractivity contribution in [1.29, 1.82) is 0 Å². The number of para-hydroxylation sites is 1. The van der Waals surface area contributed by atoms with Crippen LogP contribution in [0.4, 0.5) is 5.69 Å². The van der Waals surface area contributed by atoms with E-state index in [4.69, 9.17) is 23.1 Å². The number of halogens is 1. The van der Waals surface area contributed by atoms with E-state index in [-0.39, 0.29) is 5.54 Å². The molecule has 64 valence electrons. The van der Waals surface area contributed by atoms with Crippen LogP contribution < -0.4 is 11.5 Å². The van der Waals surface area contributed by atoms with E-state index >= 15 is 0 Å². The summed E-state index contributed by atoms with van der Waals surface area (Å²) < 4.78 is 0. The van der Waals surface area contributed by atoms with Gasteiger partial charge >= 0.3 is 0 Å². The van der Waals surface area contributed by atoms with Gasteiger partial charge < -0.3 is 11.5 Å². The molecule has 0 bridgehead atoms. The van der Waals surface area contributed by atoms with Crippen LogP contribution >= 0.6 is 11.6 Å². The fourth-order valence-electron chi connectivity index (χ4n) is 1.38. The largest absolute Gasteiger partial charge is 0.397 e. The van der Waals surface area contributed by atoms with Crippen molar-refractivity contribution in [2.75, 3.05) is 5.73 Å². The zero-order valence-corrected chi connectivity index (χ0v) is 7.43. The van der Waals surface area contributed by atoms with Crippen LogP contribution in [0.2, 0.25) is 5.02 Å². The number of nitrogens with two attached hydrogens (primary N) is 2. The molecule has 1 aromatic rings. The SMILES string of the molecule is Nc1c(Cl)cccc1C1(N)CC1. The van der Waals surface area contributed by atoms with Gasteiger partial charge in [0.25, 0.3) is 0 Å². The summed E-state index contributed by atoms with van der Waals surface area (Å²) in [4.78, 5) is 0. The third-order valence-corrected chi connectivity index (χ3v) is 2.71. The van der Waals surface area contributed by atoms with Gasteiger partial charge in [0.05, 0.1) is 10.7 Å². The molecular weight excluding hydrogens is 172 g/mol. The number of hydrogen-bond acceptors (Lipinski definition) is 2. The van der Waals surface area contributed by atoms with Gasteiger partial charge in [-0.1, -0.05) is 23.7 Å². The predicted octanol–water partition coefficient (Wildman–Crippen LogP) is 1.87. The van der Waals surface area contributed by atoms with Crippen LogP contribution in [0.5, 0.6) is 0 Å². The van der Waals surface area contributed by atoms with Crippen LogP contribution in [0.1, 0.15) is 18.4 Å². The molecule has 0 saturated heterocycles. The molecule has 2 rings (SSSR count). The first-order valence-corrected chi connectivity index (χ1v) is 4.35. The van der Waals surface area contributed by atoms with Crippen LogP contribution in [0.3, 0.4) is 0 Å². The second-order valence-corrected chi connectivity index (χ2v) is 3.76. The second kappa shape index (κ2) is 2.38. The molecule has 0 heterocycles. The molecule has 1 aromatic carbocycles. The summed E-state index contributed by atoms with van der Waals surface area (Å²) in [5, 5.41) is 0.601. The number of hydrogen-bond donors (Lipinski definition) is 2. The molecule has 1 fully saturated rings. The lowest BCUT2D eigenvalue weighted by atomic mass is 10.0. The van der Waals surface area contributed by atoms with Crippen LogP contribution in [0, 0.1) is 0 Å². The highest BCUT2D eigenvalue weighted by molar-refractivity contribution is 6.33. The van der Waals surface area contributed by atoms with Crippen LogP contribution in [-0.2, 0) is 5.54 Å². The molecule has 0 amide bonds. The molecule has 4 N–H and O–H groups in total. The van der Waals surface area contributed by atoms with Crippen molar-refractivity contribution in [2.24, 2.45) is 5.73 Å². The van der Waals surface area contributed by atoms with Gasteiger partial charge in [-0.3, -0.25) is 0 Å². The summed E-state index contributed by atoms with van der Waals surface area (Å²) in [6, 6.07) is 5.63. The van der Waals surface area contributed by atoms with E-state index in [1.165, 1.54) is 0 Å². The third kappa shape index (κ3) is 1.08. The number of benzene rings is 1. The minimum atomic E-state index is -0.186. The highest BCUT2D eigenvalue weighted by atomic mass is 35.5. The minimum absolute atomic E-state index is 0.186. The van der Waals surface area contributed by atoms with E-state index in [0.29, 0.717) is 10.7 Å². The van der Waals surface area contributed by atoms with Gasteiger partial charge in [0.2, 0.25) is 0 Å². The molecule has 2 nitrogen and oxygen atoms in total. The monoisotopic (exact) mass is 182 g/mol. The average molecular weight is 183 g/mol. The maximum atomic E-state index is 6.00. The van der Waals surface area contributed by atoms with Gasteiger partial charge in [-0.15, -0.1) is 0 Å². The Labute approximate surface area is 76.5 Å². The Balaban J connectivity index is 2.51. The Kier molecular flexibility index (Phi) is 1.56. The maximum absolute atomic E-state index is 6.00. The van der Waals surface area contributed by atoms with Gasteiger partial charge in [0.15, 0.2) is 0 Å². The Hall–Kier alpha value is -0.730. The lowest BCUT2D eigenvalue weighted by Crippen LogP contribution is -2.20. The molecule has 0 aromatic heterocycles. The summed E-state index contributed by atoms with van der Waals surface area (Å²) >= 11 is 5.87. The lowest BCUT2D eigenvalue weighted by molar-refractivity contribution is 0.743. The van der Waals surface area contributed by atoms with Crippen molar-refractivity contribution in [2.45, 2.75) is 18.4 Å². The molecule has 0 spiro atoms. The van der Waals surface area contributed by atoms with E-state index in [1.54, 1.807) is 6.07 Å². The van der Waals surface area contributed by atoms with E-state index in [1.807, 2.05) is 12.1 Å². The normalized spacial score (nSPS) is 19.2. The zero-order chi connectivity index (χ0) is 8.77. The highest BCUT2D eigenvalue weighted by Gasteiger charge is 2.41. The highest BCUT2D eigenvalue weighted by Crippen LogP contribution is 2.46. The summed E-state index contributed by atoms with van der Waals surface area (Å²) in [6.07, 6.45) is 2.02. The van der Waals surface area contributed by atoms with Crippen molar-refractivity contribution < 1.29 is 0 Å². The Bertz CT molecular complexity index is 318. The molecule has 0 aliphatic heterocycles. The second-order valence-electron chi connectivity index (χ2n) is 3.36. The molecule has 1 aliphatic rings. The standard InChI is InChI=1S/C9H11ClN2/c10-7-3-1-2-6(8(7)11)9(12)4-5-9/h1-3H,4-5,11-12H2. The molecule has 0 atom stereocenters. The number of nitrogen functional groups attached to an aromatic ring is 1. The van der Waals surface area contributed by atoms with Crippen LogP contribution in [0.25, 0.3) is 0 Å². The van der Waals surface area contributed by atoms with E-state index in [9.17, 15) is 0 Å². The summed E-state index contributed by atoms with van der Waals surface area (Å²) in [5.41, 5.74) is 13.2. The summed E-state index contributed by atoms with van der Waals surface area (Å²) in [7, 11) is 0. The number of anilines is 1. The molecular formula is C9H11ClN2. The smallest absolute Gasteiger partial charge is 0.0638 e. The average Bonchev–Trinajstić information content (AvgIpc) is 2.75. The van der Waals surface area contributed by atoms with Gasteiger partial charge in [0, 0.05) is 5.54 Å². The first-order valence-electron chi connectivity index (χ1n) is 3.97. The Morgan fingerprint density at radius 3 is 2.58 bits per heavy atom. The molecule has 1 aliphatic carbocycles. The van der Waals surface area contributed by atoms with Crippen molar-refractivity contribution in [3.05, 3.63) is 28.8 Å². The fraction of sp³-hybridized carbons (Fsp3) is 0.333. The van der Waals surface area contributed by atoms with Gasteiger partial charge in [-0.25, -0.2) is 0 Å². The molecule has 0 unspecified atom stereocenters. The van der Waals surface area contributed by atoms with Gasteiger partial charge in [0.1, 0.15) is 0 Å². The summed E-state index contributed by atoms with van der Waals surface area (Å²) in [6.45, 7) is 0. The van der Waals surface area contributed by atoms with Gasteiger partial charge in [-0.2, -0.15) is 0 Å². The molecule has 1 saturated carbocycles. The summed E-state index contributed by atoms with van der Waals surface area (Å²) in [5.74, 6) is 0. The first-order chi connectivity index (χ1) is 5.63. The van der Waals surface area contributed by atoms with Crippen LogP contribution in [0.15, 0.2) is 18.2 Å². The van der Waals surface area contributed by atoms with E-state index in [2.05, 4.69) is 0 Å². The first kappa shape index (κ1) is 7.90. The number of rotatable bonds is 1. The molecule has 12 heavy (non-hydrogen) atoms. The third-order valence-electron chi connectivity index (χ3n) is 2.38. The minimum Gasteiger partial charge on any atom is -0.397 e. The zero-order valence-electron chi connectivity index (χ0n) is 6.68. The molecule has 0 radical (unpaired) electrons. The van der Waals surface area contributed by atoms with Crippen molar-refractivity contribution in [1.82, 2.24) is 0 Å². The fourth-order valence-corrected chi connectivity index (χ4v) is 1.55. The van der Waals surface area contributed by atoms with Crippen molar-refractivity contribution in [3.63, 3.8) is 0 Å². The molecule has 3 heteroatoms. The quantitative estimate of drug-likeness (QED) is 0.652. The lowest BCUT2D eigenvalue weighted by Gasteiger charge is -2.12. The Morgan fingerprint density at radius 1 is 1.33 bits per heavy atom. The van der Waals surface area contributed by atoms with Crippen molar-refractivity contribution in [3.8, 4) is 0 Å². The van der Waals surface area contributed by atoms with Gasteiger partial charge in [-0.05, 0) is 24.5 Å². The van der Waals surface area contributed by atoms with Crippen LogP contribution in [-0.4, -0.2) is 0 Å². The van der Waals surface area contributed by atoms with E-state index < -0.39 is 0 Å².